The molecular weight excluding hydrogens is 408 g/mol. The maximum absolute atomic E-state index is 12.0. The minimum absolute atomic E-state index is 0.0699. The van der Waals surface area contributed by atoms with Crippen LogP contribution in [0.4, 0.5) is 0 Å². The van der Waals surface area contributed by atoms with Crippen molar-refractivity contribution in [1.29, 1.82) is 0 Å². The molecule has 1 aliphatic heterocycles. The van der Waals surface area contributed by atoms with E-state index in [1.165, 1.54) is 6.07 Å². The summed E-state index contributed by atoms with van der Waals surface area (Å²) in [5.41, 5.74) is 3.96. The van der Waals surface area contributed by atoms with Gasteiger partial charge in [-0.2, -0.15) is 5.10 Å². The second-order valence-corrected chi connectivity index (χ2v) is 7.40. The number of pyridine rings is 1. The molecule has 0 saturated heterocycles. The molecule has 5 rings (SSSR count). The van der Waals surface area contributed by atoms with Crippen molar-refractivity contribution in [3.05, 3.63) is 81.0 Å². The van der Waals surface area contributed by atoms with Crippen LogP contribution in [0, 0.1) is 6.92 Å². The quantitative estimate of drug-likeness (QED) is 0.438. The zero-order valence-electron chi connectivity index (χ0n) is 14.5. The van der Waals surface area contributed by atoms with Gasteiger partial charge in [-0.05, 0) is 31.2 Å². The summed E-state index contributed by atoms with van der Waals surface area (Å²) < 4.78 is 6.56. The van der Waals surface area contributed by atoms with Crippen LogP contribution in [0.3, 0.4) is 0 Å². The van der Waals surface area contributed by atoms with E-state index in [9.17, 15) is 4.79 Å². The molecule has 0 bridgehead atoms. The number of aromatic nitrogens is 6. The summed E-state index contributed by atoms with van der Waals surface area (Å²) in [7, 11) is 0. The Kier molecular flexibility index (Phi) is 3.61. The summed E-state index contributed by atoms with van der Waals surface area (Å²) in [6, 6.07) is 11.2. The predicted octanol–water partition coefficient (Wildman–Crippen LogP) is 2.77. The molecule has 0 unspecified atom stereocenters. The first-order valence-electron chi connectivity index (χ1n) is 8.52. The lowest BCUT2D eigenvalue weighted by Gasteiger charge is -2.08. The second kappa shape index (κ2) is 6.02. The van der Waals surface area contributed by atoms with Crippen molar-refractivity contribution in [2.75, 3.05) is 0 Å². The number of imidazole rings is 1. The Morgan fingerprint density at radius 2 is 2.11 bits per heavy atom. The van der Waals surface area contributed by atoms with Crippen molar-refractivity contribution in [3.8, 4) is 17.1 Å². The fourth-order valence-corrected chi connectivity index (χ4v) is 3.77. The van der Waals surface area contributed by atoms with E-state index in [0.29, 0.717) is 18.9 Å². The van der Waals surface area contributed by atoms with Gasteiger partial charge in [0.1, 0.15) is 0 Å². The molecule has 7 nitrogen and oxygen atoms in total. The second-order valence-electron chi connectivity index (χ2n) is 6.48. The number of fused-ring (bicyclic) bond motifs is 5. The highest BCUT2D eigenvalue weighted by molar-refractivity contribution is 9.10. The predicted molar refractivity (Wildman–Crippen MR) is 104 cm³/mol. The molecule has 0 fully saturated rings. The van der Waals surface area contributed by atoms with Crippen molar-refractivity contribution in [2.24, 2.45) is 0 Å². The van der Waals surface area contributed by atoms with Crippen LogP contribution in [-0.2, 0) is 13.1 Å². The van der Waals surface area contributed by atoms with Gasteiger partial charge in [0, 0.05) is 22.3 Å². The number of rotatable bonds is 2. The van der Waals surface area contributed by atoms with Gasteiger partial charge in [0.05, 0.1) is 36.5 Å². The molecule has 4 heterocycles. The standard InChI is InChI=1S/C19H15BrN6O/c1-12-16-9-26-19(14-8-13(20)5-6-15(14)25(16)11-21-12)22-17(23-26)10-24-7-3-2-4-18(24)27/h2-8,11H,9-10H2,1H3. The van der Waals surface area contributed by atoms with Crippen molar-refractivity contribution in [3.63, 3.8) is 0 Å². The molecule has 8 heteroatoms. The lowest BCUT2D eigenvalue weighted by molar-refractivity contribution is 0.642. The van der Waals surface area contributed by atoms with Gasteiger partial charge in [0.25, 0.3) is 5.56 Å². The molecule has 0 spiro atoms. The van der Waals surface area contributed by atoms with Crippen LogP contribution in [0.5, 0.6) is 0 Å². The minimum atomic E-state index is -0.0699. The lowest BCUT2D eigenvalue weighted by atomic mass is 10.1. The van der Waals surface area contributed by atoms with Crippen LogP contribution in [-0.4, -0.2) is 28.9 Å². The molecular formula is C19H15BrN6O. The number of benzene rings is 1. The zero-order chi connectivity index (χ0) is 18.5. The summed E-state index contributed by atoms with van der Waals surface area (Å²) >= 11 is 3.56. The molecule has 0 N–H and O–H groups in total. The first-order valence-corrected chi connectivity index (χ1v) is 9.32. The third kappa shape index (κ3) is 2.64. The number of nitrogens with zero attached hydrogens (tertiary/aromatic N) is 6. The minimum Gasteiger partial charge on any atom is -0.308 e. The third-order valence-electron chi connectivity index (χ3n) is 4.76. The van der Waals surface area contributed by atoms with E-state index in [1.54, 1.807) is 16.8 Å². The van der Waals surface area contributed by atoms with Crippen molar-refractivity contribution >= 4 is 15.9 Å². The molecule has 134 valence electrons. The van der Waals surface area contributed by atoms with Crippen molar-refractivity contribution in [1.82, 2.24) is 28.9 Å². The average Bonchev–Trinajstić information content (AvgIpc) is 3.18. The average molecular weight is 423 g/mol. The van der Waals surface area contributed by atoms with Gasteiger partial charge in [-0.3, -0.25) is 4.79 Å². The Morgan fingerprint density at radius 1 is 1.22 bits per heavy atom. The van der Waals surface area contributed by atoms with E-state index in [2.05, 4.69) is 36.6 Å². The SMILES string of the molecule is Cc1ncn2c1Cn1nc(Cn3ccccc3=O)nc1-c1cc(Br)ccc1-2. The third-order valence-corrected chi connectivity index (χ3v) is 5.25. The molecule has 1 aromatic carbocycles. The van der Waals surface area contributed by atoms with Crippen LogP contribution in [0.15, 0.2) is 58.2 Å². The van der Waals surface area contributed by atoms with E-state index in [1.807, 2.05) is 36.1 Å². The van der Waals surface area contributed by atoms with Crippen LogP contribution in [0.1, 0.15) is 17.2 Å². The maximum Gasteiger partial charge on any atom is 0.250 e. The Morgan fingerprint density at radius 3 is 2.96 bits per heavy atom. The monoisotopic (exact) mass is 422 g/mol. The van der Waals surface area contributed by atoms with Crippen LogP contribution >= 0.6 is 15.9 Å². The van der Waals surface area contributed by atoms with E-state index in [4.69, 9.17) is 4.98 Å². The Labute approximate surface area is 163 Å². The van der Waals surface area contributed by atoms with Crippen molar-refractivity contribution in [2.45, 2.75) is 20.0 Å². The summed E-state index contributed by atoms with van der Waals surface area (Å²) in [6.07, 6.45) is 3.59. The highest BCUT2D eigenvalue weighted by Gasteiger charge is 2.24. The maximum atomic E-state index is 12.0. The highest BCUT2D eigenvalue weighted by Crippen LogP contribution is 2.33. The Bertz CT molecular complexity index is 1240. The summed E-state index contributed by atoms with van der Waals surface area (Å²) in [5.74, 6) is 1.39. The van der Waals surface area contributed by atoms with Gasteiger partial charge in [0.15, 0.2) is 11.6 Å². The number of hydrogen-bond acceptors (Lipinski definition) is 4. The fourth-order valence-electron chi connectivity index (χ4n) is 3.41. The van der Waals surface area contributed by atoms with Gasteiger partial charge >= 0.3 is 0 Å². The molecule has 0 atom stereocenters. The first-order chi connectivity index (χ1) is 13.1. The van der Waals surface area contributed by atoms with Crippen LogP contribution in [0.2, 0.25) is 0 Å². The Hall–Kier alpha value is -3.00. The molecule has 3 aromatic heterocycles. The van der Waals surface area contributed by atoms with E-state index < -0.39 is 0 Å². The highest BCUT2D eigenvalue weighted by atomic mass is 79.9. The smallest absolute Gasteiger partial charge is 0.250 e. The van der Waals surface area contributed by atoms with Gasteiger partial charge in [-0.1, -0.05) is 22.0 Å². The summed E-state index contributed by atoms with van der Waals surface area (Å²) in [6.45, 7) is 2.90. The zero-order valence-corrected chi connectivity index (χ0v) is 16.1. The van der Waals surface area contributed by atoms with E-state index in [0.717, 1.165) is 32.9 Å². The molecule has 1 aliphatic rings. The summed E-state index contributed by atoms with van der Waals surface area (Å²) in [5, 5.41) is 4.68. The largest absolute Gasteiger partial charge is 0.308 e. The van der Waals surface area contributed by atoms with Gasteiger partial charge < -0.3 is 9.13 Å². The molecule has 0 radical (unpaired) electrons. The van der Waals surface area contributed by atoms with Gasteiger partial charge in [-0.15, -0.1) is 0 Å². The molecule has 27 heavy (non-hydrogen) atoms. The number of hydrogen-bond donors (Lipinski definition) is 0. The number of aryl methyl sites for hydroxylation is 1. The van der Waals surface area contributed by atoms with E-state index >= 15 is 0 Å². The Balaban J connectivity index is 1.68. The normalized spacial score (nSPS) is 12.2. The lowest BCUT2D eigenvalue weighted by Crippen LogP contribution is -2.19. The summed E-state index contributed by atoms with van der Waals surface area (Å²) in [4.78, 5) is 21.2. The first kappa shape index (κ1) is 16.2. The van der Waals surface area contributed by atoms with Crippen LogP contribution < -0.4 is 5.56 Å². The number of halogens is 1. The van der Waals surface area contributed by atoms with Crippen LogP contribution in [0.25, 0.3) is 17.1 Å². The topological polar surface area (TPSA) is 70.5 Å². The molecule has 0 amide bonds. The molecule has 0 aliphatic carbocycles. The van der Waals surface area contributed by atoms with Gasteiger partial charge in [-0.25, -0.2) is 14.6 Å². The van der Waals surface area contributed by atoms with Crippen molar-refractivity contribution < 1.29 is 0 Å². The fraction of sp³-hybridized carbons (Fsp3) is 0.158. The van der Waals surface area contributed by atoms with Gasteiger partial charge in [0.2, 0.25) is 0 Å². The molecule has 4 aromatic rings. The molecule has 0 saturated carbocycles. The van der Waals surface area contributed by atoms with E-state index in [-0.39, 0.29) is 5.56 Å².